The van der Waals surface area contributed by atoms with Gasteiger partial charge in [0, 0.05) is 32.7 Å². The van der Waals surface area contributed by atoms with E-state index in [1.54, 1.807) is 54.4 Å². The third-order valence-electron chi connectivity index (χ3n) is 4.03. The molecule has 0 spiro atoms. The first-order valence-electron chi connectivity index (χ1n) is 8.31. The minimum absolute atomic E-state index is 0.372. The molecule has 0 bridgehead atoms. The highest BCUT2D eigenvalue weighted by Gasteiger charge is 2.14. The Morgan fingerprint density at radius 2 is 1.44 bits per heavy atom. The normalized spacial score (nSPS) is 11.7. The van der Waals surface area contributed by atoms with Crippen molar-refractivity contribution in [1.82, 2.24) is 10.9 Å². The quantitative estimate of drug-likeness (QED) is 0.522. The van der Waals surface area contributed by atoms with Crippen LogP contribution in [-0.2, 0) is 0 Å². The maximum absolute atomic E-state index is 12.4. The maximum Gasteiger partial charge on any atom is 0.269 e. The molecule has 1 aliphatic rings. The number of benzene rings is 3. The van der Waals surface area contributed by atoms with Gasteiger partial charge in [-0.1, -0.05) is 48.2 Å². The fourth-order valence-corrected chi connectivity index (χ4v) is 3.61. The molecule has 0 radical (unpaired) electrons. The summed E-state index contributed by atoms with van der Waals surface area (Å²) in [6, 6.07) is 22.0. The van der Waals surface area contributed by atoms with Crippen LogP contribution in [0.25, 0.3) is 0 Å². The number of hydrazine groups is 1. The van der Waals surface area contributed by atoms with Gasteiger partial charge in [0.2, 0.25) is 0 Å². The van der Waals surface area contributed by atoms with Crippen molar-refractivity contribution in [1.29, 1.82) is 0 Å². The molecule has 0 atom stereocenters. The summed E-state index contributed by atoms with van der Waals surface area (Å²) in [6.07, 6.45) is 1.80. The number of fused-ring (bicyclic) bond motifs is 2. The topological polar surface area (TPSA) is 70.6 Å². The van der Waals surface area contributed by atoms with Gasteiger partial charge >= 0.3 is 0 Å². The molecule has 27 heavy (non-hydrogen) atoms. The summed E-state index contributed by atoms with van der Waals surface area (Å²) >= 11 is 1.61. The Hall–Kier alpha value is -3.38. The van der Waals surface area contributed by atoms with E-state index in [2.05, 4.69) is 15.8 Å². The summed E-state index contributed by atoms with van der Waals surface area (Å²) < 4.78 is 0. The summed E-state index contributed by atoms with van der Waals surface area (Å²) in [5.41, 5.74) is 7.52. The zero-order chi connectivity index (χ0) is 18.6. The monoisotopic (exact) mass is 373 g/mol. The van der Waals surface area contributed by atoms with E-state index in [-0.39, 0.29) is 5.91 Å². The van der Waals surface area contributed by atoms with E-state index in [9.17, 15) is 9.59 Å². The smallest absolute Gasteiger partial charge is 0.267 e. The average molecular weight is 373 g/mol. The van der Waals surface area contributed by atoms with Crippen molar-refractivity contribution in [2.45, 2.75) is 9.79 Å². The molecule has 4 rings (SSSR count). The van der Waals surface area contributed by atoms with Crippen LogP contribution < -0.4 is 10.9 Å². The van der Waals surface area contributed by atoms with Crippen molar-refractivity contribution >= 4 is 35.5 Å². The van der Waals surface area contributed by atoms with Crippen molar-refractivity contribution < 1.29 is 9.59 Å². The van der Waals surface area contributed by atoms with Gasteiger partial charge in [0.05, 0.1) is 5.69 Å². The first-order chi connectivity index (χ1) is 13.2. The minimum atomic E-state index is -0.399. The molecule has 0 aliphatic carbocycles. The fourth-order valence-electron chi connectivity index (χ4n) is 2.63. The Morgan fingerprint density at radius 1 is 0.741 bits per heavy atom. The maximum atomic E-state index is 12.4. The van der Waals surface area contributed by atoms with Crippen LogP contribution in [0.5, 0.6) is 0 Å². The van der Waals surface area contributed by atoms with Gasteiger partial charge in [-0.25, -0.2) is 0 Å². The van der Waals surface area contributed by atoms with Gasteiger partial charge in [-0.2, -0.15) is 0 Å². The lowest BCUT2D eigenvalue weighted by Gasteiger charge is -2.09. The van der Waals surface area contributed by atoms with Gasteiger partial charge in [-0.05, 0) is 36.4 Å². The second-order valence-electron chi connectivity index (χ2n) is 5.85. The van der Waals surface area contributed by atoms with E-state index in [1.807, 2.05) is 36.4 Å². The second kappa shape index (κ2) is 7.47. The second-order valence-corrected chi connectivity index (χ2v) is 6.94. The number of rotatable bonds is 2. The number of amides is 2. The number of nitrogens with zero attached hydrogens (tertiary/aromatic N) is 1. The SMILES string of the molecule is O=C(NNC(=O)c1ccc2c(c1)N=Cc1ccccc1S2)c1ccccc1. The molecular weight excluding hydrogens is 358 g/mol. The molecular formula is C21H15N3O2S. The predicted molar refractivity (Wildman–Crippen MR) is 106 cm³/mol. The molecule has 1 aliphatic heterocycles. The number of hydrogen-bond acceptors (Lipinski definition) is 4. The fraction of sp³-hybridized carbons (Fsp3) is 0. The summed E-state index contributed by atoms with van der Waals surface area (Å²) in [5, 5.41) is 0. The van der Waals surface area contributed by atoms with Crippen LogP contribution in [0.3, 0.4) is 0 Å². The van der Waals surface area contributed by atoms with Gasteiger partial charge in [0.1, 0.15) is 0 Å². The lowest BCUT2D eigenvalue weighted by molar-refractivity contribution is 0.0846. The molecule has 5 nitrogen and oxygen atoms in total. The molecule has 2 N–H and O–H groups in total. The molecule has 0 aromatic heterocycles. The lowest BCUT2D eigenvalue weighted by atomic mass is 10.2. The number of carbonyl (C=O) groups excluding carboxylic acids is 2. The van der Waals surface area contributed by atoms with Crippen molar-refractivity contribution in [2.24, 2.45) is 4.99 Å². The van der Waals surface area contributed by atoms with E-state index in [1.165, 1.54) is 0 Å². The molecule has 0 unspecified atom stereocenters. The third kappa shape index (κ3) is 3.75. The zero-order valence-corrected chi connectivity index (χ0v) is 15.0. The lowest BCUT2D eigenvalue weighted by Crippen LogP contribution is -2.41. The van der Waals surface area contributed by atoms with Gasteiger partial charge in [0.25, 0.3) is 11.8 Å². The highest BCUT2D eigenvalue weighted by Crippen LogP contribution is 2.39. The van der Waals surface area contributed by atoms with Crippen LogP contribution in [0.1, 0.15) is 26.3 Å². The van der Waals surface area contributed by atoms with E-state index in [0.717, 1.165) is 21.0 Å². The van der Waals surface area contributed by atoms with Gasteiger partial charge in [-0.15, -0.1) is 0 Å². The predicted octanol–water partition coefficient (Wildman–Crippen LogP) is 3.98. The molecule has 3 aromatic rings. The number of aliphatic imine (C=N–C) groups is 1. The van der Waals surface area contributed by atoms with Crippen molar-refractivity contribution in [2.75, 3.05) is 0 Å². The van der Waals surface area contributed by atoms with Crippen LogP contribution >= 0.6 is 11.8 Å². The van der Waals surface area contributed by atoms with Crippen LogP contribution in [0.4, 0.5) is 5.69 Å². The molecule has 0 saturated heterocycles. The van der Waals surface area contributed by atoms with E-state index >= 15 is 0 Å². The molecule has 2 amide bonds. The number of carbonyl (C=O) groups is 2. The molecule has 1 heterocycles. The van der Waals surface area contributed by atoms with E-state index in [4.69, 9.17) is 0 Å². The molecule has 0 fully saturated rings. The largest absolute Gasteiger partial charge is 0.269 e. The van der Waals surface area contributed by atoms with Crippen molar-refractivity contribution in [3.8, 4) is 0 Å². The van der Waals surface area contributed by atoms with Gasteiger partial charge < -0.3 is 0 Å². The Bertz CT molecular complexity index is 1050. The Balaban J connectivity index is 1.49. The zero-order valence-electron chi connectivity index (χ0n) is 14.2. The highest BCUT2D eigenvalue weighted by molar-refractivity contribution is 7.99. The van der Waals surface area contributed by atoms with Gasteiger partial charge in [-0.3, -0.25) is 25.4 Å². The van der Waals surface area contributed by atoms with Crippen molar-refractivity contribution in [3.05, 3.63) is 89.5 Å². The summed E-state index contributed by atoms with van der Waals surface area (Å²) in [6.45, 7) is 0. The molecule has 0 saturated carbocycles. The Kier molecular flexibility index (Phi) is 4.72. The molecule has 3 aromatic carbocycles. The van der Waals surface area contributed by atoms with Crippen LogP contribution in [0.15, 0.2) is 87.6 Å². The molecule has 6 heteroatoms. The van der Waals surface area contributed by atoms with Crippen molar-refractivity contribution in [3.63, 3.8) is 0 Å². The van der Waals surface area contributed by atoms with E-state index in [0.29, 0.717) is 11.1 Å². The van der Waals surface area contributed by atoms with Gasteiger partial charge in [0.15, 0.2) is 0 Å². The minimum Gasteiger partial charge on any atom is -0.267 e. The standard InChI is InChI=1S/C21H15N3O2S/c25-20(14-6-2-1-3-7-14)23-24-21(26)15-10-11-19-17(12-15)22-13-16-8-4-5-9-18(16)27-19/h1-13H,(H,23,25)(H,24,26). The summed E-state index contributed by atoms with van der Waals surface area (Å²) in [7, 11) is 0. The summed E-state index contributed by atoms with van der Waals surface area (Å²) in [4.78, 5) is 31.0. The third-order valence-corrected chi connectivity index (χ3v) is 5.19. The Morgan fingerprint density at radius 3 is 2.26 bits per heavy atom. The first-order valence-corrected chi connectivity index (χ1v) is 9.13. The van der Waals surface area contributed by atoms with Crippen LogP contribution in [0.2, 0.25) is 0 Å². The average Bonchev–Trinajstić information content (AvgIpc) is 2.91. The van der Waals surface area contributed by atoms with E-state index < -0.39 is 5.91 Å². The number of nitrogens with one attached hydrogen (secondary N) is 2. The first kappa shape index (κ1) is 17.1. The Labute approximate surface area is 160 Å². The number of hydrogen-bond donors (Lipinski definition) is 2. The van der Waals surface area contributed by atoms with Crippen LogP contribution in [-0.4, -0.2) is 18.0 Å². The summed E-state index contributed by atoms with van der Waals surface area (Å²) in [5.74, 6) is -0.772. The van der Waals surface area contributed by atoms with Crippen LogP contribution in [0, 0.1) is 0 Å². The highest BCUT2D eigenvalue weighted by atomic mass is 32.2. The molecule has 132 valence electrons.